The topological polar surface area (TPSA) is 50.3 Å². The molecule has 0 radical (unpaired) electrons. The molecule has 3 heterocycles. The lowest BCUT2D eigenvalue weighted by Gasteiger charge is -2.33. The molecule has 2 saturated heterocycles. The molecule has 0 saturated carbocycles. The van der Waals surface area contributed by atoms with E-state index in [0.717, 1.165) is 64.3 Å². The lowest BCUT2D eigenvalue weighted by Crippen LogP contribution is -2.42. The smallest absolute Gasteiger partial charge is 0.377 e. The van der Waals surface area contributed by atoms with E-state index in [1.165, 1.54) is 0 Å². The van der Waals surface area contributed by atoms with E-state index in [1.54, 1.807) is 0 Å². The molecule has 2 aliphatic rings. The van der Waals surface area contributed by atoms with Gasteiger partial charge >= 0.3 is 6.18 Å². The Morgan fingerprint density at radius 3 is 2.65 bits per heavy atom. The van der Waals surface area contributed by atoms with E-state index >= 15 is 0 Å². The molecule has 0 bridgehead atoms. The Labute approximate surface area is 133 Å². The van der Waals surface area contributed by atoms with Gasteiger partial charge in [-0.3, -0.25) is 0 Å². The van der Waals surface area contributed by atoms with Gasteiger partial charge in [-0.15, -0.1) is 0 Å². The Hall–Kier alpha value is -1.41. The third-order valence-electron chi connectivity index (χ3n) is 4.38. The quantitative estimate of drug-likeness (QED) is 0.919. The molecule has 1 atom stereocenters. The lowest BCUT2D eigenvalue weighted by molar-refractivity contribution is -0.141. The van der Waals surface area contributed by atoms with Crippen LogP contribution < -0.4 is 5.32 Å². The van der Waals surface area contributed by atoms with Crippen LogP contribution >= 0.6 is 0 Å². The first kappa shape index (κ1) is 16.4. The molecule has 23 heavy (non-hydrogen) atoms. The molecule has 2 aliphatic heterocycles. The molecule has 1 N–H and O–H groups in total. The molecule has 0 aliphatic carbocycles. The van der Waals surface area contributed by atoms with Crippen molar-refractivity contribution in [1.29, 1.82) is 0 Å². The zero-order chi connectivity index (χ0) is 16.3. The minimum Gasteiger partial charge on any atom is -0.377 e. The van der Waals surface area contributed by atoms with Gasteiger partial charge < -0.3 is 15.0 Å². The van der Waals surface area contributed by atoms with Gasteiger partial charge in [0.05, 0.1) is 6.10 Å². The first-order chi connectivity index (χ1) is 11.0. The summed E-state index contributed by atoms with van der Waals surface area (Å²) in [7, 11) is 0. The minimum absolute atomic E-state index is 0.145. The lowest BCUT2D eigenvalue weighted by atomic mass is 10.0. The Morgan fingerprint density at radius 1 is 1.22 bits per heavy atom. The van der Waals surface area contributed by atoms with Crippen LogP contribution in [0.3, 0.4) is 0 Å². The van der Waals surface area contributed by atoms with E-state index in [1.807, 2.05) is 0 Å². The van der Waals surface area contributed by atoms with Crippen LogP contribution in [-0.2, 0) is 10.9 Å². The zero-order valence-electron chi connectivity index (χ0n) is 12.9. The summed E-state index contributed by atoms with van der Waals surface area (Å²) in [5.41, 5.74) is -0.911. The van der Waals surface area contributed by atoms with Crippen LogP contribution in [0, 0.1) is 0 Å². The predicted octanol–water partition coefficient (Wildman–Crippen LogP) is 2.55. The van der Waals surface area contributed by atoms with E-state index in [-0.39, 0.29) is 11.9 Å². The van der Waals surface area contributed by atoms with Crippen LogP contribution in [0.1, 0.15) is 31.4 Å². The second kappa shape index (κ2) is 7.00. The van der Waals surface area contributed by atoms with Crippen LogP contribution in [0.15, 0.2) is 12.4 Å². The number of anilines is 1. The molecule has 128 valence electrons. The van der Waals surface area contributed by atoms with Crippen molar-refractivity contribution in [3.05, 3.63) is 18.1 Å². The van der Waals surface area contributed by atoms with Crippen molar-refractivity contribution in [3.8, 4) is 0 Å². The van der Waals surface area contributed by atoms with Gasteiger partial charge in [0.25, 0.3) is 0 Å². The maximum absolute atomic E-state index is 12.7. The summed E-state index contributed by atoms with van der Waals surface area (Å²) in [5.74, 6) is 0.241. The molecule has 5 nitrogen and oxygen atoms in total. The Balaban J connectivity index is 1.48. The number of nitrogens with zero attached hydrogens (tertiary/aromatic N) is 3. The molecule has 3 rings (SSSR count). The number of nitrogens with one attached hydrogen (secondary N) is 1. The highest BCUT2D eigenvalue weighted by atomic mass is 19.4. The maximum atomic E-state index is 12.7. The van der Waals surface area contributed by atoms with E-state index in [0.29, 0.717) is 6.10 Å². The fourth-order valence-corrected chi connectivity index (χ4v) is 3.14. The van der Waals surface area contributed by atoms with Crippen molar-refractivity contribution in [2.45, 2.75) is 44.0 Å². The largest absolute Gasteiger partial charge is 0.433 e. The summed E-state index contributed by atoms with van der Waals surface area (Å²) in [5, 5.41) is 3.10. The van der Waals surface area contributed by atoms with E-state index in [9.17, 15) is 13.2 Å². The second-order valence-electron chi connectivity index (χ2n) is 6.14. The molecule has 0 spiro atoms. The van der Waals surface area contributed by atoms with Crippen molar-refractivity contribution in [2.75, 3.05) is 31.6 Å². The number of piperidine rings is 1. The molecule has 1 aromatic heterocycles. The second-order valence-corrected chi connectivity index (χ2v) is 6.14. The summed E-state index contributed by atoms with van der Waals surface area (Å²) >= 11 is 0. The first-order valence-corrected chi connectivity index (χ1v) is 8.00. The van der Waals surface area contributed by atoms with Gasteiger partial charge in [-0.25, -0.2) is 9.97 Å². The summed E-state index contributed by atoms with van der Waals surface area (Å²) in [4.78, 5) is 9.54. The highest BCUT2D eigenvalue weighted by Gasteiger charge is 2.33. The highest BCUT2D eigenvalue weighted by Crippen LogP contribution is 2.28. The number of halogens is 3. The van der Waals surface area contributed by atoms with Crippen molar-refractivity contribution < 1.29 is 17.9 Å². The van der Waals surface area contributed by atoms with Crippen LogP contribution in [0.4, 0.5) is 19.0 Å². The fraction of sp³-hybridized carbons (Fsp3) is 0.733. The Bertz CT molecular complexity index is 512. The van der Waals surface area contributed by atoms with Crippen molar-refractivity contribution >= 4 is 5.82 Å². The van der Waals surface area contributed by atoms with Crippen molar-refractivity contribution in [2.24, 2.45) is 0 Å². The first-order valence-electron chi connectivity index (χ1n) is 8.00. The van der Waals surface area contributed by atoms with Gasteiger partial charge in [0, 0.05) is 38.3 Å². The molecular formula is C15H21F3N4O. The van der Waals surface area contributed by atoms with E-state index < -0.39 is 11.9 Å². The number of aromatic nitrogens is 2. The number of alkyl halides is 3. The Morgan fingerprint density at radius 2 is 2.00 bits per heavy atom. The summed E-state index contributed by atoms with van der Waals surface area (Å²) < 4.78 is 43.6. The standard InChI is InChI=1S/C15H21F3N4O/c16-15(17,18)13-8-14(20-10-19-13)21-11-3-5-22(6-4-11)9-12-2-1-7-23-12/h8,10-12H,1-7,9H2,(H,19,20,21). The van der Waals surface area contributed by atoms with E-state index in [2.05, 4.69) is 20.2 Å². The third-order valence-corrected chi connectivity index (χ3v) is 4.38. The molecule has 8 heteroatoms. The number of hydrogen-bond acceptors (Lipinski definition) is 5. The summed E-state index contributed by atoms with van der Waals surface area (Å²) in [6.07, 6.45) is 0.894. The van der Waals surface area contributed by atoms with Gasteiger partial charge in [-0.05, 0) is 25.7 Å². The van der Waals surface area contributed by atoms with Gasteiger partial charge in [0.1, 0.15) is 17.8 Å². The SMILES string of the molecule is FC(F)(F)c1cc(NC2CCN(CC3CCCO3)CC2)ncn1. The molecule has 1 unspecified atom stereocenters. The van der Waals surface area contributed by atoms with Crippen molar-refractivity contribution in [1.82, 2.24) is 14.9 Å². The monoisotopic (exact) mass is 330 g/mol. The van der Waals surface area contributed by atoms with Crippen molar-refractivity contribution in [3.63, 3.8) is 0 Å². The van der Waals surface area contributed by atoms with Gasteiger partial charge in [0.2, 0.25) is 0 Å². The molecule has 0 aromatic carbocycles. The highest BCUT2D eigenvalue weighted by molar-refractivity contribution is 5.36. The fourth-order valence-electron chi connectivity index (χ4n) is 3.14. The normalized spacial score (nSPS) is 24.0. The number of ether oxygens (including phenoxy) is 1. The number of likely N-dealkylation sites (tertiary alicyclic amines) is 1. The minimum atomic E-state index is -4.44. The van der Waals surface area contributed by atoms with Crippen LogP contribution in [0.25, 0.3) is 0 Å². The average molecular weight is 330 g/mol. The van der Waals surface area contributed by atoms with Crippen LogP contribution in [0.2, 0.25) is 0 Å². The van der Waals surface area contributed by atoms with Gasteiger partial charge in [-0.1, -0.05) is 0 Å². The molecular weight excluding hydrogens is 309 g/mol. The molecule has 1 aromatic rings. The number of hydrogen-bond donors (Lipinski definition) is 1. The van der Waals surface area contributed by atoms with Gasteiger partial charge in [-0.2, -0.15) is 13.2 Å². The Kier molecular flexibility index (Phi) is 5.01. The average Bonchev–Trinajstić information content (AvgIpc) is 3.02. The third kappa shape index (κ3) is 4.54. The van der Waals surface area contributed by atoms with E-state index in [4.69, 9.17) is 4.74 Å². The molecule has 2 fully saturated rings. The molecule has 0 amide bonds. The van der Waals surface area contributed by atoms with Gasteiger partial charge in [0.15, 0.2) is 0 Å². The summed E-state index contributed by atoms with van der Waals surface area (Å²) in [6, 6.07) is 1.12. The zero-order valence-corrected chi connectivity index (χ0v) is 12.9. The summed E-state index contributed by atoms with van der Waals surface area (Å²) in [6.45, 7) is 3.67. The number of rotatable bonds is 4. The maximum Gasteiger partial charge on any atom is 0.433 e. The predicted molar refractivity (Wildman–Crippen MR) is 79.1 cm³/mol. The van der Waals surface area contributed by atoms with Crippen LogP contribution in [-0.4, -0.2) is 53.3 Å². The van der Waals surface area contributed by atoms with Crippen LogP contribution in [0.5, 0.6) is 0 Å².